The minimum atomic E-state index is -0.340. The molecule has 17 heavy (non-hydrogen) atoms. The fraction of sp³-hybridized carbons (Fsp3) is 0.571. The molecule has 3 heteroatoms. The summed E-state index contributed by atoms with van der Waals surface area (Å²) in [6.07, 6.45) is 0.714. The Kier molecular flexibility index (Phi) is 4.02. The van der Waals surface area contributed by atoms with Gasteiger partial charge in [-0.05, 0) is 31.0 Å². The van der Waals surface area contributed by atoms with Crippen LogP contribution in [0.15, 0.2) is 24.3 Å². The van der Waals surface area contributed by atoms with Crippen LogP contribution in [-0.4, -0.2) is 30.9 Å². The second-order valence-electron chi connectivity index (χ2n) is 4.64. The largest absolute Gasteiger partial charge is 0.388 e. The Balaban J connectivity index is 2.06. The van der Waals surface area contributed by atoms with Gasteiger partial charge in [0.25, 0.3) is 0 Å². The summed E-state index contributed by atoms with van der Waals surface area (Å²) in [4.78, 5) is 2.33. The second-order valence-corrected chi connectivity index (χ2v) is 4.64. The standard InChI is InChI=1S/C14H21NO2/c1-3-14(16)12-4-6-13(7-5-12)15-8-9-17-11(2)10-15/h4-7,11,14,16H,3,8-10H2,1-2H3/t11?,14-/m1/s1. The maximum absolute atomic E-state index is 9.74. The summed E-state index contributed by atoms with van der Waals surface area (Å²) in [5, 5.41) is 9.74. The first-order valence-electron chi connectivity index (χ1n) is 6.35. The number of aliphatic hydroxyl groups excluding tert-OH is 1. The molecule has 1 saturated heterocycles. The Morgan fingerprint density at radius 1 is 1.41 bits per heavy atom. The molecule has 1 aromatic rings. The van der Waals surface area contributed by atoms with Crippen LogP contribution in [0.1, 0.15) is 31.9 Å². The molecule has 0 bridgehead atoms. The summed E-state index contributed by atoms with van der Waals surface area (Å²) in [6, 6.07) is 8.21. The van der Waals surface area contributed by atoms with Gasteiger partial charge in [0.2, 0.25) is 0 Å². The highest BCUT2D eigenvalue weighted by atomic mass is 16.5. The molecule has 1 unspecified atom stereocenters. The predicted molar refractivity (Wildman–Crippen MR) is 69.3 cm³/mol. The van der Waals surface area contributed by atoms with Crippen molar-refractivity contribution in [2.75, 3.05) is 24.6 Å². The molecule has 3 nitrogen and oxygen atoms in total. The molecule has 0 spiro atoms. The zero-order valence-electron chi connectivity index (χ0n) is 10.6. The Morgan fingerprint density at radius 3 is 2.71 bits per heavy atom. The molecule has 2 rings (SSSR count). The molecule has 1 aromatic carbocycles. The van der Waals surface area contributed by atoms with Gasteiger partial charge in [0, 0.05) is 18.8 Å². The van der Waals surface area contributed by atoms with Crippen LogP contribution in [0.25, 0.3) is 0 Å². The molecule has 94 valence electrons. The molecule has 1 N–H and O–H groups in total. The molecule has 0 radical (unpaired) electrons. The van der Waals surface area contributed by atoms with Crippen LogP contribution in [-0.2, 0) is 4.74 Å². The van der Waals surface area contributed by atoms with Gasteiger partial charge in [-0.2, -0.15) is 0 Å². The predicted octanol–water partition coefficient (Wildman–Crippen LogP) is 2.36. The molecule has 1 aliphatic rings. The van der Waals surface area contributed by atoms with E-state index in [4.69, 9.17) is 4.74 Å². The van der Waals surface area contributed by atoms with E-state index < -0.39 is 0 Å². The molecule has 1 aliphatic heterocycles. The van der Waals surface area contributed by atoms with Gasteiger partial charge < -0.3 is 14.7 Å². The first-order chi connectivity index (χ1) is 8.20. The number of ether oxygens (including phenoxy) is 1. The molecule has 1 fully saturated rings. The van der Waals surface area contributed by atoms with Crippen molar-refractivity contribution in [3.63, 3.8) is 0 Å². The fourth-order valence-corrected chi connectivity index (χ4v) is 2.20. The van der Waals surface area contributed by atoms with Crippen LogP contribution in [0.2, 0.25) is 0 Å². The van der Waals surface area contributed by atoms with Gasteiger partial charge in [-0.15, -0.1) is 0 Å². The smallest absolute Gasteiger partial charge is 0.0787 e. The van der Waals surface area contributed by atoms with Crippen LogP contribution in [0.3, 0.4) is 0 Å². The SMILES string of the molecule is CC[C@@H](O)c1ccc(N2CCOC(C)C2)cc1. The number of benzene rings is 1. The van der Waals surface area contributed by atoms with E-state index in [1.165, 1.54) is 5.69 Å². The van der Waals surface area contributed by atoms with Gasteiger partial charge in [0.05, 0.1) is 18.8 Å². The number of anilines is 1. The third-order valence-electron chi connectivity index (χ3n) is 3.27. The van der Waals surface area contributed by atoms with E-state index in [0.29, 0.717) is 6.10 Å². The lowest BCUT2D eigenvalue weighted by molar-refractivity contribution is 0.0532. The molecule has 0 saturated carbocycles. The van der Waals surface area contributed by atoms with Crippen LogP contribution >= 0.6 is 0 Å². The second kappa shape index (κ2) is 5.52. The highest BCUT2D eigenvalue weighted by molar-refractivity contribution is 5.48. The van der Waals surface area contributed by atoms with Crippen LogP contribution < -0.4 is 4.90 Å². The van der Waals surface area contributed by atoms with Crippen molar-refractivity contribution >= 4 is 5.69 Å². The highest BCUT2D eigenvalue weighted by Crippen LogP contribution is 2.22. The van der Waals surface area contributed by atoms with Gasteiger partial charge >= 0.3 is 0 Å². The van der Waals surface area contributed by atoms with Crippen molar-refractivity contribution < 1.29 is 9.84 Å². The maximum atomic E-state index is 9.74. The lowest BCUT2D eigenvalue weighted by Gasteiger charge is -2.33. The number of hydrogen-bond donors (Lipinski definition) is 1. The number of morpholine rings is 1. The van der Waals surface area contributed by atoms with Crippen molar-refractivity contribution in [3.8, 4) is 0 Å². The normalized spacial score (nSPS) is 22.5. The molecule has 2 atom stereocenters. The number of rotatable bonds is 3. The zero-order chi connectivity index (χ0) is 12.3. The van der Waals surface area contributed by atoms with Crippen molar-refractivity contribution in [1.29, 1.82) is 0 Å². The topological polar surface area (TPSA) is 32.7 Å². The molecule has 0 amide bonds. The van der Waals surface area contributed by atoms with Crippen molar-refractivity contribution in [3.05, 3.63) is 29.8 Å². The van der Waals surface area contributed by atoms with Crippen LogP contribution in [0, 0.1) is 0 Å². The van der Waals surface area contributed by atoms with Gasteiger partial charge in [-0.3, -0.25) is 0 Å². The third kappa shape index (κ3) is 2.99. The van der Waals surface area contributed by atoms with Crippen molar-refractivity contribution in [2.24, 2.45) is 0 Å². The van der Waals surface area contributed by atoms with Gasteiger partial charge in [0.1, 0.15) is 0 Å². The van der Waals surface area contributed by atoms with E-state index in [9.17, 15) is 5.11 Å². The Bertz CT molecular complexity index is 350. The summed E-state index contributed by atoms with van der Waals surface area (Å²) in [7, 11) is 0. The lowest BCUT2D eigenvalue weighted by atomic mass is 10.1. The first kappa shape index (κ1) is 12.4. The van der Waals surface area contributed by atoms with E-state index in [0.717, 1.165) is 31.7 Å². The number of hydrogen-bond acceptors (Lipinski definition) is 3. The van der Waals surface area contributed by atoms with E-state index in [-0.39, 0.29) is 6.10 Å². The summed E-state index contributed by atoms with van der Waals surface area (Å²) in [5.74, 6) is 0. The van der Waals surface area contributed by atoms with Crippen LogP contribution in [0.5, 0.6) is 0 Å². The van der Waals surface area contributed by atoms with E-state index in [2.05, 4.69) is 24.0 Å². The highest BCUT2D eigenvalue weighted by Gasteiger charge is 2.17. The summed E-state index contributed by atoms with van der Waals surface area (Å²) in [5.41, 5.74) is 2.21. The Labute approximate surface area is 103 Å². The summed E-state index contributed by atoms with van der Waals surface area (Å²) < 4.78 is 5.53. The maximum Gasteiger partial charge on any atom is 0.0787 e. The Hall–Kier alpha value is -1.06. The molecule has 0 aromatic heterocycles. The van der Waals surface area contributed by atoms with Crippen molar-refractivity contribution in [2.45, 2.75) is 32.5 Å². The minimum Gasteiger partial charge on any atom is -0.388 e. The average Bonchev–Trinajstić information content (AvgIpc) is 2.38. The summed E-state index contributed by atoms with van der Waals surface area (Å²) >= 11 is 0. The molecular formula is C14H21NO2. The Morgan fingerprint density at radius 2 is 2.12 bits per heavy atom. The quantitative estimate of drug-likeness (QED) is 0.873. The zero-order valence-corrected chi connectivity index (χ0v) is 10.6. The third-order valence-corrected chi connectivity index (χ3v) is 3.27. The number of aliphatic hydroxyl groups is 1. The molecule has 1 heterocycles. The molecular weight excluding hydrogens is 214 g/mol. The van der Waals surface area contributed by atoms with E-state index >= 15 is 0 Å². The monoisotopic (exact) mass is 235 g/mol. The van der Waals surface area contributed by atoms with E-state index in [1.807, 2.05) is 19.1 Å². The first-order valence-corrected chi connectivity index (χ1v) is 6.35. The minimum absolute atomic E-state index is 0.296. The van der Waals surface area contributed by atoms with Gasteiger partial charge in [0.15, 0.2) is 0 Å². The lowest BCUT2D eigenvalue weighted by Crippen LogP contribution is -2.41. The summed E-state index contributed by atoms with van der Waals surface area (Å²) in [6.45, 7) is 6.76. The fourth-order valence-electron chi connectivity index (χ4n) is 2.20. The molecule has 0 aliphatic carbocycles. The van der Waals surface area contributed by atoms with Gasteiger partial charge in [-0.1, -0.05) is 19.1 Å². The van der Waals surface area contributed by atoms with Gasteiger partial charge in [-0.25, -0.2) is 0 Å². The van der Waals surface area contributed by atoms with Crippen LogP contribution in [0.4, 0.5) is 5.69 Å². The number of nitrogens with zero attached hydrogens (tertiary/aromatic N) is 1. The van der Waals surface area contributed by atoms with Crippen molar-refractivity contribution in [1.82, 2.24) is 0 Å². The average molecular weight is 235 g/mol. The van der Waals surface area contributed by atoms with E-state index in [1.54, 1.807) is 0 Å².